The molecule has 0 saturated heterocycles. The molecule has 0 aliphatic rings. The fourth-order valence-corrected chi connectivity index (χ4v) is 2.86. The summed E-state index contributed by atoms with van der Waals surface area (Å²) in [5.41, 5.74) is 0.535. The smallest absolute Gasteiger partial charge is 0.322 e. The van der Waals surface area contributed by atoms with Crippen LogP contribution in [0.25, 0.3) is 0 Å². The van der Waals surface area contributed by atoms with Crippen LogP contribution < -0.4 is 4.72 Å². The molecule has 1 atom stereocenters. The highest BCUT2D eigenvalue weighted by Crippen LogP contribution is 2.09. The molecule has 0 bridgehead atoms. The van der Waals surface area contributed by atoms with Crippen LogP contribution in [0.15, 0.2) is 47.8 Å². The SMILES string of the molecule is O=C(O)C(Cc1cnc[nH]1)NS(=O)(=O)c1ccccc1. The van der Waals surface area contributed by atoms with Gasteiger partial charge in [0.05, 0.1) is 11.2 Å². The molecule has 0 saturated carbocycles. The number of imidazole rings is 1. The van der Waals surface area contributed by atoms with Crippen molar-refractivity contribution in [2.24, 2.45) is 0 Å². The first-order chi connectivity index (χ1) is 9.49. The zero-order chi connectivity index (χ0) is 14.6. The van der Waals surface area contributed by atoms with Crippen LogP contribution in [-0.4, -0.2) is 35.5 Å². The van der Waals surface area contributed by atoms with E-state index in [9.17, 15) is 13.2 Å². The predicted octanol–water partition coefficient (Wildman–Crippen LogP) is 0.384. The molecule has 2 rings (SSSR count). The zero-order valence-corrected chi connectivity index (χ0v) is 11.2. The average molecular weight is 295 g/mol. The maximum Gasteiger partial charge on any atom is 0.322 e. The third-order valence-corrected chi connectivity index (χ3v) is 4.12. The third kappa shape index (κ3) is 3.43. The van der Waals surface area contributed by atoms with E-state index >= 15 is 0 Å². The van der Waals surface area contributed by atoms with Gasteiger partial charge in [0.1, 0.15) is 6.04 Å². The molecule has 0 fully saturated rings. The van der Waals surface area contributed by atoms with Crippen LogP contribution in [-0.2, 0) is 21.2 Å². The molecule has 7 nitrogen and oxygen atoms in total. The normalized spacial score (nSPS) is 13.0. The van der Waals surface area contributed by atoms with E-state index in [2.05, 4.69) is 14.7 Å². The first-order valence-corrected chi connectivity index (χ1v) is 7.25. The number of rotatable bonds is 6. The Morgan fingerprint density at radius 1 is 1.35 bits per heavy atom. The second-order valence-electron chi connectivity index (χ2n) is 4.11. The topological polar surface area (TPSA) is 112 Å². The van der Waals surface area contributed by atoms with E-state index in [-0.39, 0.29) is 11.3 Å². The van der Waals surface area contributed by atoms with Gasteiger partial charge in [-0.1, -0.05) is 18.2 Å². The van der Waals surface area contributed by atoms with E-state index in [0.717, 1.165) is 0 Å². The van der Waals surface area contributed by atoms with Crippen molar-refractivity contribution in [3.63, 3.8) is 0 Å². The number of hydrogen-bond donors (Lipinski definition) is 3. The molecule has 1 heterocycles. The molecule has 106 valence electrons. The van der Waals surface area contributed by atoms with Crippen molar-refractivity contribution in [3.8, 4) is 0 Å². The van der Waals surface area contributed by atoms with E-state index in [1.165, 1.54) is 24.7 Å². The highest BCUT2D eigenvalue weighted by atomic mass is 32.2. The minimum Gasteiger partial charge on any atom is -0.480 e. The van der Waals surface area contributed by atoms with Gasteiger partial charge in [-0.2, -0.15) is 4.72 Å². The number of carboxylic acid groups (broad SMARTS) is 1. The molecule has 0 radical (unpaired) electrons. The lowest BCUT2D eigenvalue weighted by Gasteiger charge is -2.14. The van der Waals surface area contributed by atoms with Crippen LogP contribution >= 0.6 is 0 Å². The Bertz CT molecular complexity index is 668. The maximum absolute atomic E-state index is 12.1. The number of benzene rings is 1. The Labute approximate surface area is 115 Å². The van der Waals surface area contributed by atoms with Crippen LogP contribution in [0, 0.1) is 0 Å². The number of aromatic nitrogens is 2. The summed E-state index contributed by atoms with van der Waals surface area (Å²) in [6, 6.07) is 6.35. The molecule has 2 aromatic rings. The second kappa shape index (κ2) is 5.85. The van der Waals surface area contributed by atoms with Crippen LogP contribution in [0.2, 0.25) is 0 Å². The Hall–Kier alpha value is -2.19. The van der Waals surface area contributed by atoms with Gasteiger partial charge in [0.15, 0.2) is 0 Å². The maximum atomic E-state index is 12.1. The molecule has 0 spiro atoms. The van der Waals surface area contributed by atoms with Gasteiger partial charge in [0.25, 0.3) is 0 Å². The molecule has 1 unspecified atom stereocenters. The second-order valence-corrected chi connectivity index (χ2v) is 5.82. The van der Waals surface area contributed by atoms with Crippen molar-refractivity contribution in [2.45, 2.75) is 17.4 Å². The summed E-state index contributed by atoms with van der Waals surface area (Å²) >= 11 is 0. The van der Waals surface area contributed by atoms with Crippen molar-refractivity contribution >= 4 is 16.0 Å². The molecular weight excluding hydrogens is 282 g/mol. The molecule has 0 aliphatic heterocycles. The number of H-pyrrole nitrogens is 1. The van der Waals surface area contributed by atoms with Crippen molar-refractivity contribution in [1.29, 1.82) is 0 Å². The Kier molecular flexibility index (Phi) is 4.16. The highest BCUT2D eigenvalue weighted by molar-refractivity contribution is 7.89. The Morgan fingerprint density at radius 2 is 2.05 bits per heavy atom. The van der Waals surface area contributed by atoms with E-state index in [0.29, 0.717) is 5.69 Å². The first kappa shape index (κ1) is 14.2. The number of aromatic amines is 1. The van der Waals surface area contributed by atoms with E-state index in [4.69, 9.17) is 5.11 Å². The molecule has 8 heteroatoms. The van der Waals surface area contributed by atoms with Gasteiger partial charge in [-0.25, -0.2) is 13.4 Å². The molecule has 1 aromatic carbocycles. The fourth-order valence-electron chi connectivity index (χ4n) is 1.65. The van der Waals surface area contributed by atoms with E-state index < -0.39 is 22.0 Å². The Balaban J connectivity index is 2.18. The lowest BCUT2D eigenvalue weighted by atomic mass is 10.2. The van der Waals surface area contributed by atoms with Crippen molar-refractivity contribution in [2.75, 3.05) is 0 Å². The van der Waals surface area contributed by atoms with Crippen molar-refractivity contribution in [3.05, 3.63) is 48.5 Å². The minimum absolute atomic E-state index is 0.0125. The minimum atomic E-state index is -3.87. The number of aliphatic carboxylic acids is 1. The van der Waals surface area contributed by atoms with Crippen LogP contribution in [0.5, 0.6) is 0 Å². The highest BCUT2D eigenvalue weighted by Gasteiger charge is 2.25. The van der Waals surface area contributed by atoms with Crippen LogP contribution in [0.4, 0.5) is 0 Å². The average Bonchev–Trinajstić information content (AvgIpc) is 2.91. The molecule has 1 aromatic heterocycles. The van der Waals surface area contributed by atoms with Gasteiger partial charge in [-0.3, -0.25) is 4.79 Å². The largest absolute Gasteiger partial charge is 0.480 e. The Morgan fingerprint density at radius 3 is 2.60 bits per heavy atom. The number of sulfonamides is 1. The van der Waals surface area contributed by atoms with E-state index in [1.807, 2.05) is 0 Å². The molecule has 0 aliphatic carbocycles. The number of hydrogen-bond acceptors (Lipinski definition) is 4. The van der Waals surface area contributed by atoms with Gasteiger partial charge in [-0.05, 0) is 12.1 Å². The van der Waals surface area contributed by atoms with Gasteiger partial charge in [-0.15, -0.1) is 0 Å². The standard InChI is InChI=1S/C12H13N3O4S/c16-12(17)11(6-9-7-13-8-14-9)15-20(18,19)10-4-2-1-3-5-10/h1-5,7-8,11,15H,6H2,(H,13,14)(H,16,17). The van der Waals surface area contributed by atoms with Crippen LogP contribution in [0.3, 0.4) is 0 Å². The number of carboxylic acids is 1. The monoisotopic (exact) mass is 295 g/mol. The van der Waals surface area contributed by atoms with Gasteiger partial charge in [0.2, 0.25) is 10.0 Å². The number of nitrogens with zero attached hydrogens (tertiary/aromatic N) is 1. The lowest BCUT2D eigenvalue weighted by Crippen LogP contribution is -2.42. The van der Waals surface area contributed by atoms with Crippen LogP contribution in [0.1, 0.15) is 5.69 Å². The summed E-state index contributed by atoms with van der Waals surface area (Å²) in [4.78, 5) is 17.7. The van der Waals surface area contributed by atoms with Crippen molar-refractivity contribution < 1.29 is 18.3 Å². The van der Waals surface area contributed by atoms with E-state index in [1.54, 1.807) is 18.2 Å². The number of nitrogens with one attached hydrogen (secondary N) is 2. The van der Waals surface area contributed by atoms with Gasteiger partial charge in [0, 0.05) is 18.3 Å². The van der Waals surface area contributed by atoms with Gasteiger partial charge < -0.3 is 10.1 Å². The summed E-state index contributed by atoms with van der Waals surface area (Å²) < 4.78 is 26.3. The lowest BCUT2D eigenvalue weighted by molar-refractivity contribution is -0.138. The summed E-state index contributed by atoms with van der Waals surface area (Å²) in [5.74, 6) is -1.25. The summed E-state index contributed by atoms with van der Waals surface area (Å²) in [7, 11) is -3.87. The van der Waals surface area contributed by atoms with Gasteiger partial charge >= 0.3 is 5.97 Å². The number of carbonyl (C=O) groups is 1. The first-order valence-electron chi connectivity index (χ1n) is 5.76. The fraction of sp³-hybridized carbons (Fsp3) is 0.167. The molecule has 20 heavy (non-hydrogen) atoms. The third-order valence-electron chi connectivity index (χ3n) is 2.63. The summed E-state index contributed by atoms with van der Waals surface area (Å²) in [6.07, 6.45) is 2.84. The molecular formula is C12H13N3O4S. The zero-order valence-electron chi connectivity index (χ0n) is 10.4. The summed E-state index contributed by atoms with van der Waals surface area (Å²) in [6.45, 7) is 0. The quantitative estimate of drug-likeness (QED) is 0.713. The molecule has 0 amide bonds. The molecule has 3 N–H and O–H groups in total. The van der Waals surface area contributed by atoms with Crippen molar-refractivity contribution in [1.82, 2.24) is 14.7 Å². The summed E-state index contributed by atoms with van der Waals surface area (Å²) in [5, 5.41) is 9.12. The predicted molar refractivity (Wildman–Crippen MR) is 70.5 cm³/mol.